The van der Waals surface area contributed by atoms with Crippen LogP contribution in [-0.4, -0.2) is 5.97 Å². The van der Waals surface area contributed by atoms with Gasteiger partial charge in [0.2, 0.25) is 0 Å². The van der Waals surface area contributed by atoms with Gasteiger partial charge in [0.15, 0.2) is 0 Å². The first-order chi connectivity index (χ1) is 13.7. The summed E-state index contributed by atoms with van der Waals surface area (Å²) < 4.78 is 6.38. The molecule has 28 heavy (non-hydrogen) atoms. The second-order valence-corrected chi connectivity index (χ2v) is 9.47. The number of hydrogen-bond donors (Lipinski definition) is 0. The quantitative estimate of drug-likeness (QED) is 0.406. The van der Waals surface area contributed by atoms with Gasteiger partial charge in [0.25, 0.3) is 0 Å². The molecule has 3 heteroatoms. The molecule has 0 N–H and O–H groups in total. The molecule has 0 aliphatic carbocycles. The third-order valence-electron chi connectivity index (χ3n) is 4.62. The number of rotatable bonds is 8. The second kappa shape index (κ2) is 9.61. The molecule has 146 valence electrons. The highest BCUT2D eigenvalue weighted by Gasteiger charge is 2.35. The van der Waals surface area contributed by atoms with Crippen molar-refractivity contribution in [1.82, 2.24) is 0 Å². The zero-order valence-electron chi connectivity index (χ0n) is 16.6. The molecule has 0 saturated heterocycles. The first kappa shape index (κ1) is 20.2. The monoisotopic (exact) mass is 392 g/mol. The van der Waals surface area contributed by atoms with E-state index in [2.05, 4.69) is 55.5 Å². The lowest BCUT2D eigenvalue weighted by Crippen LogP contribution is -2.13. The Kier molecular flexibility index (Phi) is 6.94. The highest BCUT2D eigenvalue weighted by atomic mass is 32.3. The SMILES string of the molecule is CCCC(=O)OS(c1ccccc1)(c1ccccc1)c1ccc(CCC)cc1. The molecule has 0 unspecified atom stereocenters. The molecule has 0 aromatic heterocycles. The van der Waals surface area contributed by atoms with E-state index in [0.717, 1.165) is 33.9 Å². The van der Waals surface area contributed by atoms with Gasteiger partial charge in [-0.1, -0.05) is 68.8 Å². The maximum atomic E-state index is 12.7. The van der Waals surface area contributed by atoms with Crippen LogP contribution in [0.25, 0.3) is 0 Å². The van der Waals surface area contributed by atoms with E-state index in [1.807, 2.05) is 43.3 Å². The Balaban J connectivity index is 2.21. The average Bonchev–Trinajstić information content (AvgIpc) is 2.74. The summed E-state index contributed by atoms with van der Waals surface area (Å²) >= 11 is 0. The lowest BCUT2D eigenvalue weighted by Gasteiger charge is -2.39. The summed E-state index contributed by atoms with van der Waals surface area (Å²) in [6.07, 6.45) is 3.35. The van der Waals surface area contributed by atoms with E-state index in [4.69, 9.17) is 4.18 Å². The van der Waals surface area contributed by atoms with Gasteiger partial charge in [-0.3, -0.25) is 4.79 Å². The van der Waals surface area contributed by atoms with E-state index in [1.165, 1.54) is 5.56 Å². The predicted molar refractivity (Wildman–Crippen MR) is 117 cm³/mol. The minimum absolute atomic E-state index is 0.150. The van der Waals surface area contributed by atoms with E-state index >= 15 is 0 Å². The van der Waals surface area contributed by atoms with Crippen molar-refractivity contribution in [3.63, 3.8) is 0 Å². The molecule has 0 aliphatic heterocycles. The number of hydrogen-bond acceptors (Lipinski definition) is 2. The highest BCUT2D eigenvalue weighted by molar-refractivity contribution is 8.30. The number of carbonyl (C=O) groups excluding carboxylic acids is 1. The van der Waals surface area contributed by atoms with Crippen molar-refractivity contribution in [2.75, 3.05) is 0 Å². The lowest BCUT2D eigenvalue weighted by atomic mass is 10.1. The summed E-state index contributed by atoms with van der Waals surface area (Å²) in [5, 5.41) is 0. The average molecular weight is 393 g/mol. The zero-order valence-corrected chi connectivity index (χ0v) is 17.5. The molecule has 3 aromatic rings. The highest BCUT2D eigenvalue weighted by Crippen LogP contribution is 2.69. The maximum absolute atomic E-state index is 12.7. The molecule has 0 fully saturated rings. The van der Waals surface area contributed by atoms with Crippen LogP contribution in [0.4, 0.5) is 0 Å². The fourth-order valence-corrected chi connectivity index (χ4v) is 6.37. The molecular weight excluding hydrogens is 364 g/mol. The lowest BCUT2D eigenvalue weighted by molar-refractivity contribution is -0.133. The van der Waals surface area contributed by atoms with Crippen LogP contribution < -0.4 is 0 Å². The van der Waals surface area contributed by atoms with Gasteiger partial charge in [-0.25, -0.2) is 0 Å². The van der Waals surface area contributed by atoms with Crippen molar-refractivity contribution in [2.24, 2.45) is 0 Å². The molecule has 0 heterocycles. The van der Waals surface area contributed by atoms with Crippen molar-refractivity contribution in [2.45, 2.75) is 54.2 Å². The molecule has 0 aliphatic rings. The fourth-order valence-electron chi connectivity index (χ4n) is 3.30. The topological polar surface area (TPSA) is 26.3 Å². The van der Waals surface area contributed by atoms with Crippen LogP contribution in [0, 0.1) is 0 Å². The summed E-state index contributed by atoms with van der Waals surface area (Å²) in [7, 11) is -2.14. The van der Waals surface area contributed by atoms with Crippen LogP contribution in [0.2, 0.25) is 0 Å². The van der Waals surface area contributed by atoms with E-state index in [-0.39, 0.29) is 5.97 Å². The van der Waals surface area contributed by atoms with Crippen LogP contribution in [0.5, 0.6) is 0 Å². The molecule has 3 aromatic carbocycles. The van der Waals surface area contributed by atoms with Gasteiger partial charge in [-0.15, -0.1) is 0 Å². The number of benzene rings is 3. The molecule has 0 saturated carbocycles. The predicted octanol–water partition coefficient (Wildman–Crippen LogP) is 7.18. The molecule has 3 rings (SSSR count). The standard InChI is InChI=1S/C25H28O2S/c1-3-11-21-17-19-24(20-18-21)28(27-25(26)12-4-2,22-13-7-5-8-14-22)23-15-9-6-10-16-23/h5-10,13-20H,3-4,11-12H2,1-2H3. The van der Waals surface area contributed by atoms with E-state index in [1.54, 1.807) is 0 Å². The van der Waals surface area contributed by atoms with Gasteiger partial charge >= 0.3 is 5.97 Å². The van der Waals surface area contributed by atoms with Crippen LogP contribution in [0.1, 0.15) is 38.7 Å². The van der Waals surface area contributed by atoms with E-state index in [9.17, 15) is 4.79 Å². The molecule has 0 radical (unpaired) electrons. The second-order valence-electron chi connectivity index (χ2n) is 6.78. The van der Waals surface area contributed by atoms with Crippen LogP contribution in [0.15, 0.2) is 99.6 Å². The Morgan fingerprint density at radius 3 is 1.68 bits per heavy atom. The zero-order chi connectivity index (χ0) is 19.8. The Morgan fingerprint density at radius 1 is 0.714 bits per heavy atom. The molecular formula is C25H28O2S. The summed E-state index contributed by atoms with van der Waals surface area (Å²) in [5.74, 6) is -0.150. The number of aryl methyl sites for hydroxylation is 1. The Labute approximate surface area is 170 Å². The Bertz CT molecular complexity index is 834. The van der Waals surface area contributed by atoms with Gasteiger partial charge in [0, 0.05) is 21.1 Å². The van der Waals surface area contributed by atoms with E-state index in [0.29, 0.717) is 6.42 Å². The maximum Gasteiger partial charge on any atom is 0.317 e. The first-order valence-corrected chi connectivity index (χ1v) is 11.5. The third kappa shape index (κ3) is 4.31. The molecule has 0 bridgehead atoms. The fraction of sp³-hybridized carbons (Fsp3) is 0.240. The minimum Gasteiger partial charge on any atom is -0.402 e. The van der Waals surface area contributed by atoms with Gasteiger partial charge < -0.3 is 4.18 Å². The molecule has 0 amide bonds. The van der Waals surface area contributed by atoms with E-state index < -0.39 is 10.3 Å². The summed E-state index contributed by atoms with van der Waals surface area (Å²) in [4.78, 5) is 15.9. The van der Waals surface area contributed by atoms with Gasteiger partial charge in [-0.2, -0.15) is 0 Å². The first-order valence-electron chi connectivity index (χ1n) is 9.95. The van der Waals surface area contributed by atoms with Crippen LogP contribution in [0.3, 0.4) is 0 Å². The van der Waals surface area contributed by atoms with Crippen molar-refractivity contribution in [3.8, 4) is 0 Å². The smallest absolute Gasteiger partial charge is 0.317 e. The third-order valence-corrected chi connectivity index (χ3v) is 7.86. The Morgan fingerprint density at radius 2 is 1.21 bits per heavy atom. The normalized spacial score (nSPS) is 11.8. The number of carbonyl (C=O) groups is 1. The van der Waals surface area contributed by atoms with Crippen molar-refractivity contribution in [3.05, 3.63) is 90.5 Å². The molecule has 0 atom stereocenters. The van der Waals surface area contributed by atoms with Gasteiger partial charge in [-0.05, 0) is 65.1 Å². The van der Waals surface area contributed by atoms with Crippen LogP contribution >= 0.6 is 10.3 Å². The minimum atomic E-state index is -2.14. The van der Waals surface area contributed by atoms with Gasteiger partial charge in [0.1, 0.15) is 0 Å². The van der Waals surface area contributed by atoms with Crippen molar-refractivity contribution >= 4 is 16.3 Å². The summed E-state index contributed by atoms with van der Waals surface area (Å²) in [5.41, 5.74) is 1.31. The molecule has 0 spiro atoms. The van der Waals surface area contributed by atoms with Crippen LogP contribution in [-0.2, 0) is 15.4 Å². The molecule has 2 nitrogen and oxygen atoms in total. The summed E-state index contributed by atoms with van der Waals surface area (Å²) in [6.45, 7) is 4.19. The van der Waals surface area contributed by atoms with Gasteiger partial charge in [0.05, 0.1) is 0 Å². The van der Waals surface area contributed by atoms with Crippen molar-refractivity contribution < 1.29 is 8.98 Å². The largest absolute Gasteiger partial charge is 0.402 e. The Hall–Kier alpha value is -2.52. The summed E-state index contributed by atoms with van der Waals surface area (Å²) in [6, 6.07) is 28.9. The van der Waals surface area contributed by atoms with Crippen molar-refractivity contribution in [1.29, 1.82) is 0 Å².